The smallest absolute Gasteiger partial charge is 0.179 e. The highest BCUT2D eigenvalue weighted by atomic mass is 35.5. The second-order valence-corrected chi connectivity index (χ2v) is 5.81. The van der Waals surface area contributed by atoms with Gasteiger partial charge in [0.05, 0.1) is 5.88 Å². The maximum Gasteiger partial charge on any atom is 0.179 e. The molecule has 4 heteroatoms. The molecule has 0 fully saturated rings. The molecule has 0 aliphatic heterocycles. The van der Waals surface area contributed by atoms with Crippen molar-refractivity contribution in [1.29, 1.82) is 0 Å². The van der Waals surface area contributed by atoms with Gasteiger partial charge in [-0.05, 0) is 44.5 Å². The molecule has 2 rings (SSSR count). The molecule has 3 nitrogen and oxygen atoms in total. The van der Waals surface area contributed by atoms with E-state index in [0.29, 0.717) is 5.56 Å². The van der Waals surface area contributed by atoms with E-state index in [1.54, 1.807) is 0 Å². The minimum absolute atomic E-state index is 0.0150. The summed E-state index contributed by atoms with van der Waals surface area (Å²) in [7, 11) is 4.06. The lowest BCUT2D eigenvalue weighted by atomic mass is 10.1. The Bertz CT molecular complexity index is 686. The molecule has 0 amide bonds. The van der Waals surface area contributed by atoms with Crippen molar-refractivity contribution in [2.75, 3.05) is 24.9 Å². The Balaban J connectivity index is 2.60. The van der Waals surface area contributed by atoms with Crippen LogP contribution in [0.25, 0.3) is 5.69 Å². The normalized spacial score (nSPS) is 10.8. The number of benzene rings is 1. The van der Waals surface area contributed by atoms with Crippen LogP contribution in [0.2, 0.25) is 0 Å². The van der Waals surface area contributed by atoms with Crippen molar-refractivity contribution in [3.8, 4) is 5.69 Å². The predicted molar refractivity (Wildman–Crippen MR) is 89.4 cm³/mol. The van der Waals surface area contributed by atoms with Gasteiger partial charge in [0.2, 0.25) is 0 Å². The summed E-state index contributed by atoms with van der Waals surface area (Å²) in [5.74, 6) is -0.0165. The van der Waals surface area contributed by atoms with Crippen molar-refractivity contribution < 1.29 is 4.79 Å². The molecule has 0 unspecified atom stereocenters. The van der Waals surface area contributed by atoms with Gasteiger partial charge in [0.1, 0.15) is 0 Å². The van der Waals surface area contributed by atoms with E-state index >= 15 is 0 Å². The third-order valence-corrected chi connectivity index (χ3v) is 4.03. The molecule has 0 saturated heterocycles. The fourth-order valence-electron chi connectivity index (χ4n) is 2.73. The molecule has 1 aromatic carbocycles. The van der Waals surface area contributed by atoms with Gasteiger partial charge < -0.3 is 9.47 Å². The molecule has 0 spiro atoms. The first-order chi connectivity index (χ1) is 9.86. The second kappa shape index (κ2) is 5.94. The Morgan fingerprint density at radius 2 is 1.86 bits per heavy atom. The number of rotatable bonds is 4. The summed E-state index contributed by atoms with van der Waals surface area (Å²) in [5, 5.41) is 0. The highest BCUT2D eigenvalue weighted by Crippen LogP contribution is 2.26. The summed E-state index contributed by atoms with van der Waals surface area (Å²) in [4.78, 5) is 14.0. The quantitative estimate of drug-likeness (QED) is 0.632. The Labute approximate surface area is 131 Å². The van der Waals surface area contributed by atoms with E-state index in [2.05, 4.69) is 34.6 Å². The van der Waals surface area contributed by atoms with Crippen LogP contribution < -0.4 is 4.90 Å². The van der Waals surface area contributed by atoms with Crippen molar-refractivity contribution in [2.45, 2.75) is 20.8 Å². The number of carbonyl (C=O) groups excluding carboxylic acids is 1. The van der Waals surface area contributed by atoms with Crippen LogP contribution in [-0.2, 0) is 0 Å². The molecule has 112 valence electrons. The third kappa shape index (κ3) is 2.84. The number of Topliss-reactive ketones (excluding diaryl/α,β-unsaturated/α-hetero) is 1. The van der Waals surface area contributed by atoms with Crippen molar-refractivity contribution >= 4 is 23.1 Å². The van der Waals surface area contributed by atoms with E-state index in [0.717, 1.165) is 17.1 Å². The minimum Gasteiger partial charge on any atom is -0.377 e. The zero-order valence-electron chi connectivity index (χ0n) is 13.2. The number of anilines is 1. The number of carbonyl (C=O) groups is 1. The van der Waals surface area contributed by atoms with E-state index in [1.165, 1.54) is 11.3 Å². The maximum atomic E-state index is 11.9. The molecule has 0 bridgehead atoms. The molecular weight excluding hydrogens is 284 g/mol. The van der Waals surface area contributed by atoms with Crippen molar-refractivity contribution in [2.24, 2.45) is 0 Å². The Morgan fingerprint density at radius 3 is 2.43 bits per heavy atom. The molecule has 0 atom stereocenters. The molecule has 0 aliphatic carbocycles. The average molecular weight is 305 g/mol. The number of alkyl halides is 1. The van der Waals surface area contributed by atoms with Gasteiger partial charge in [-0.3, -0.25) is 4.79 Å². The number of aryl methyl sites for hydroxylation is 2. The standard InChI is InChI=1S/C17H21ClN2O/c1-11-6-7-14(9-16(11)19(4)5)20-12(2)8-15(13(20)3)17(21)10-18/h6-9H,10H2,1-5H3. The minimum atomic E-state index is -0.0315. The fraction of sp³-hybridized carbons (Fsp3) is 0.353. The Kier molecular flexibility index (Phi) is 4.43. The van der Waals surface area contributed by atoms with E-state index in [9.17, 15) is 4.79 Å². The Hall–Kier alpha value is -1.74. The van der Waals surface area contributed by atoms with Crippen LogP contribution >= 0.6 is 11.6 Å². The SMILES string of the molecule is Cc1ccc(-n2c(C)cc(C(=O)CCl)c2C)cc1N(C)C. The third-order valence-electron chi connectivity index (χ3n) is 3.79. The molecule has 0 aliphatic rings. The summed E-state index contributed by atoms with van der Waals surface area (Å²) in [6, 6.07) is 8.24. The summed E-state index contributed by atoms with van der Waals surface area (Å²) < 4.78 is 2.10. The highest BCUT2D eigenvalue weighted by molar-refractivity contribution is 6.30. The van der Waals surface area contributed by atoms with E-state index < -0.39 is 0 Å². The van der Waals surface area contributed by atoms with Crippen LogP contribution in [0.5, 0.6) is 0 Å². The zero-order valence-corrected chi connectivity index (χ0v) is 14.0. The largest absolute Gasteiger partial charge is 0.377 e. The lowest BCUT2D eigenvalue weighted by molar-refractivity contribution is 0.102. The van der Waals surface area contributed by atoms with Gasteiger partial charge in [-0.1, -0.05) is 6.07 Å². The van der Waals surface area contributed by atoms with Crippen LogP contribution in [0.4, 0.5) is 5.69 Å². The Morgan fingerprint density at radius 1 is 1.19 bits per heavy atom. The van der Waals surface area contributed by atoms with Gasteiger partial charge >= 0.3 is 0 Å². The number of aromatic nitrogens is 1. The van der Waals surface area contributed by atoms with Crippen LogP contribution in [0, 0.1) is 20.8 Å². The average Bonchev–Trinajstić information content (AvgIpc) is 2.74. The number of ketones is 1. The van der Waals surface area contributed by atoms with Crippen LogP contribution in [0.15, 0.2) is 24.3 Å². The van der Waals surface area contributed by atoms with E-state index in [-0.39, 0.29) is 11.7 Å². The van der Waals surface area contributed by atoms with Crippen molar-refractivity contribution in [3.63, 3.8) is 0 Å². The second-order valence-electron chi connectivity index (χ2n) is 5.54. The summed E-state index contributed by atoms with van der Waals surface area (Å²) in [5.41, 5.74) is 6.14. The topological polar surface area (TPSA) is 25.2 Å². The summed E-state index contributed by atoms with van der Waals surface area (Å²) >= 11 is 5.69. The lowest BCUT2D eigenvalue weighted by Gasteiger charge is -2.18. The van der Waals surface area contributed by atoms with Gasteiger partial charge in [-0.15, -0.1) is 11.6 Å². The first-order valence-electron chi connectivity index (χ1n) is 6.93. The van der Waals surface area contributed by atoms with Crippen LogP contribution in [0.3, 0.4) is 0 Å². The summed E-state index contributed by atoms with van der Waals surface area (Å²) in [6.07, 6.45) is 0. The van der Waals surface area contributed by atoms with E-state index in [1.807, 2.05) is 34.0 Å². The number of halogens is 1. The highest BCUT2D eigenvalue weighted by Gasteiger charge is 2.16. The fourth-order valence-corrected chi connectivity index (χ4v) is 2.88. The molecule has 2 aromatic rings. The van der Waals surface area contributed by atoms with Gasteiger partial charge in [0.25, 0.3) is 0 Å². The first kappa shape index (κ1) is 15.6. The molecule has 1 aromatic heterocycles. The van der Waals surface area contributed by atoms with Crippen molar-refractivity contribution in [3.05, 3.63) is 46.8 Å². The molecule has 21 heavy (non-hydrogen) atoms. The number of hydrogen-bond acceptors (Lipinski definition) is 2. The molecule has 0 saturated carbocycles. The van der Waals surface area contributed by atoms with Gasteiger partial charge in [0, 0.05) is 42.4 Å². The lowest BCUT2D eigenvalue weighted by Crippen LogP contribution is -2.11. The van der Waals surface area contributed by atoms with Crippen molar-refractivity contribution in [1.82, 2.24) is 4.57 Å². The first-order valence-corrected chi connectivity index (χ1v) is 7.46. The molecule has 0 N–H and O–H groups in total. The zero-order chi connectivity index (χ0) is 15.7. The van der Waals surface area contributed by atoms with Gasteiger partial charge in [-0.2, -0.15) is 0 Å². The number of hydrogen-bond donors (Lipinski definition) is 0. The molecular formula is C17H21ClN2O. The number of nitrogens with zero attached hydrogens (tertiary/aromatic N) is 2. The monoisotopic (exact) mass is 304 g/mol. The van der Waals surface area contributed by atoms with Gasteiger partial charge in [-0.25, -0.2) is 0 Å². The van der Waals surface area contributed by atoms with Gasteiger partial charge in [0.15, 0.2) is 5.78 Å². The van der Waals surface area contributed by atoms with Crippen LogP contribution in [0.1, 0.15) is 27.3 Å². The molecule has 1 heterocycles. The molecule has 0 radical (unpaired) electrons. The predicted octanol–water partition coefficient (Wildman–Crippen LogP) is 3.89. The maximum absolute atomic E-state index is 11.9. The summed E-state index contributed by atoms with van der Waals surface area (Å²) in [6.45, 7) is 6.06. The van der Waals surface area contributed by atoms with Crippen LogP contribution in [-0.4, -0.2) is 30.3 Å². The van der Waals surface area contributed by atoms with E-state index in [4.69, 9.17) is 11.6 Å².